The fourth-order valence-corrected chi connectivity index (χ4v) is 4.85. The Hall–Kier alpha value is -2.93. The first-order chi connectivity index (χ1) is 14.4. The van der Waals surface area contributed by atoms with Gasteiger partial charge in [-0.1, -0.05) is 0 Å². The summed E-state index contributed by atoms with van der Waals surface area (Å²) in [5.74, 6) is 0. The zero-order valence-electron chi connectivity index (χ0n) is 18.0. The second-order valence-corrected chi connectivity index (χ2v) is 8.81. The maximum absolute atomic E-state index is 12.9. The van der Waals surface area contributed by atoms with Crippen LogP contribution < -0.4 is 5.69 Å². The highest BCUT2D eigenvalue weighted by atomic mass is 16.1. The Morgan fingerprint density at radius 1 is 1.17 bits per heavy atom. The molecule has 0 saturated carbocycles. The van der Waals surface area contributed by atoms with Gasteiger partial charge in [0.05, 0.1) is 17.1 Å². The summed E-state index contributed by atoms with van der Waals surface area (Å²) in [7, 11) is 0. The Bertz CT molecular complexity index is 1290. The number of aromatic amines is 1. The van der Waals surface area contributed by atoms with Crippen LogP contribution in [0.1, 0.15) is 43.9 Å². The van der Waals surface area contributed by atoms with Crippen molar-refractivity contribution >= 4 is 16.7 Å². The highest BCUT2D eigenvalue weighted by molar-refractivity contribution is 5.84. The highest BCUT2D eigenvalue weighted by Crippen LogP contribution is 2.31. The lowest BCUT2D eigenvalue weighted by Crippen LogP contribution is -2.42. The lowest BCUT2D eigenvalue weighted by atomic mass is 9.99. The van der Waals surface area contributed by atoms with Crippen molar-refractivity contribution in [1.29, 1.82) is 0 Å². The van der Waals surface area contributed by atoms with Gasteiger partial charge in [-0.3, -0.25) is 9.47 Å². The number of hydrogen-bond donors (Lipinski definition) is 1. The summed E-state index contributed by atoms with van der Waals surface area (Å²) in [6.45, 7) is 10.6. The Morgan fingerprint density at radius 3 is 2.80 bits per heavy atom. The Labute approximate surface area is 175 Å². The molecule has 7 heteroatoms. The third-order valence-corrected chi connectivity index (χ3v) is 6.46. The van der Waals surface area contributed by atoms with Gasteiger partial charge in [0, 0.05) is 24.3 Å². The number of likely N-dealkylation sites (tertiary alicyclic amines) is 1. The van der Waals surface area contributed by atoms with Crippen LogP contribution >= 0.6 is 0 Å². The van der Waals surface area contributed by atoms with Gasteiger partial charge in [0.1, 0.15) is 6.33 Å². The van der Waals surface area contributed by atoms with E-state index in [-0.39, 0.29) is 11.7 Å². The molecule has 1 atom stereocenters. The fourth-order valence-electron chi connectivity index (χ4n) is 4.85. The highest BCUT2D eigenvalue weighted by Gasteiger charge is 2.26. The number of rotatable bonds is 3. The van der Waals surface area contributed by atoms with Crippen LogP contribution in [0, 0.1) is 13.8 Å². The number of imidazole rings is 1. The molecule has 3 aromatic heterocycles. The maximum atomic E-state index is 12.9. The molecule has 4 aromatic rings. The van der Waals surface area contributed by atoms with Crippen molar-refractivity contribution in [3.63, 3.8) is 0 Å². The van der Waals surface area contributed by atoms with Crippen LogP contribution in [-0.4, -0.2) is 48.2 Å². The zero-order valence-corrected chi connectivity index (χ0v) is 18.0. The summed E-state index contributed by atoms with van der Waals surface area (Å²) in [4.78, 5) is 22.8. The van der Waals surface area contributed by atoms with Crippen molar-refractivity contribution < 1.29 is 0 Å². The Morgan fingerprint density at radius 2 is 2.00 bits per heavy atom. The van der Waals surface area contributed by atoms with Crippen LogP contribution in [0.2, 0.25) is 0 Å². The van der Waals surface area contributed by atoms with Gasteiger partial charge in [-0.05, 0) is 82.0 Å². The average Bonchev–Trinajstić information content (AvgIpc) is 3.31. The molecule has 1 fully saturated rings. The summed E-state index contributed by atoms with van der Waals surface area (Å²) in [5, 5.41) is 4.30. The van der Waals surface area contributed by atoms with Gasteiger partial charge in [-0.2, -0.15) is 5.10 Å². The molecule has 156 valence electrons. The molecular formula is C23H28N6O. The number of nitrogens with zero attached hydrogens (tertiary/aromatic N) is 5. The Balaban J connectivity index is 1.61. The number of aryl methyl sites for hydroxylation is 2. The molecule has 1 aromatic carbocycles. The van der Waals surface area contributed by atoms with Gasteiger partial charge >= 0.3 is 5.69 Å². The molecule has 7 nitrogen and oxygen atoms in total. The zero-order chi connectivity index (χ0) is 21.0. The van der Waals surface area contributed by atoms with Crippen molar-refractivity contribution in [1.82, 2.24) is 29.0 Å². The summed E-state index contributed by atoms with van der Waals surface area (Å²) in [5.41, 5.74) is 7.13. The summed E-state index contributed by atoms with van der Waals surface area (Å²) in [6, 6.07) is 7.09. The monoisotopic (exact) mass is 404 g/mol. The number of hydrogen-bond acceptors (Lipinski definition) is 4. The van der Waals surface area contributed by atoms with E-state index in [1.807, 2.05) is 22.2 Å². The minimum absolute atomic E-state index is 0.0138. The topological polar surface area (TPSA) is 71.2 Å². The van der Waals surface area contributed by atoms with Crippen molar-refractivity contribution in [2.24, 2.45) is 0 Å². The number of fused-ring (bicyclic) bond motifs is 2. The lowest BCUT2D eigenvalue weighted by molar-refractivity contribution is 0.143. The van der Waals surface area contributed by atoms with Crippen LogP contribution in [0.3, 0.4) is 0 Å². The molecule has 30 heavy (non-hydrogen) atoms. The number of H-pyrrole nitrogens is 1. The summed E-state index contributed by atoms with van der Waals surface area (Å²) < 4.78 is 3.79. The van der Waals surface area contributed by atoms with Gasteiger partial charge < -0.3 is 4.98 Å². The first-order valence-electron chi connectivity index (χ1n) is 10.7. The molecular weight excluding hydrogens is 376 g/mol. The van der Waals surface area contributed by atoms with Gasteiger partial charge in [-0.15, -0.1) is 0 Å². The first-order valence-corrected chi connectivity index (χ1v) is 10.7. The van der Waals surface area contributed by atoms with E-state index >= 15 is 0 Å². The van der Waals surface area contributed by atoms with E-state index in [0.717, 1.165) is 64.9 Å². The van der Waals surface area contributed by atoms with Crippen LogP contribution in [0.5, 0.6) is 0 Å². The molecule has 1 N–H and O–H groups in total. The SMILES string of the molecule is Cc1cc2c(cc1-c1cc(C)c3ncnn3c1)[nH]c(=O)n2[C@@H]1CCCN(C(C)C)C1. The van der Waals surface area contributed by atoms with Gasteiger partial charge in [0.15, 0.2) is 5.65 Å². The third kappa shape index (κ3) is 3.04. The molecule has 4 heterocycles. The molecule has 1 aliphatic heterocycles. The minimum Gasteiger partial charge on any atom is -0.306 e. The summed E-state index contributed by atoms with van der Waals surface area (Å²) in [6.07, 6.45) is 5.74. The Kier molecular flexibility index (Phi) is 4.50. The van der Waals surface area contributed by atoms with Crippen LogP contribution in [0.25, 0.3) is 27.8 Å². The fraction of sp³-hybridized carbons (Fsp3) is 0.435. The van der Waals surface area contributed by atoms with Crippen LogP contribution in [0.15, 0.2) is 35.5 Å². The van der Waals surface area contributed by atoms with E-state index in [0.29, 0.717) is 6.04 Å². The molecule has 0 aliphatic carbocycles. The predicted molar refractivity (Wildman–Crippen MR) is 119 cm³/mol. The number of aromatic nitrogens is 5. The van der Waals surface area contributed by atoms with Crippen LogP contribution in [-0.2, 0) is 0 Å². The number of nitrogens with one attached hydrogen (secondary N) is 1. The normalized spacial score (nSPS) is 18.1. The van der Waals surface area contributed by atoms with Crippen LogP contribution in [0.4, 0.5) is 0 Å². The molecule has 5 rings (SSSR count). The first kappa shape index (κ1) is 19.1. The molecule has 0 amide bonds. The van der Waals surface area contributed by atoms with E-state index in [2.05, 4.69) is 58.9 Å². The molecule has 0 bridgehead atoms. The van der Waals surface area contributed by atoms with Gasteiger partial charge in [-0.25, -0.2) is 14.3 Å². The second kappa shape index (κ2) is 7.09. The maximum Gasteiger partial charge on any atom is 0.326 e. The summed E-state index contributed by atoms with van der Waals surface area (Å²) >= 11 is 0. The molecule has 0 spiro atoms. The van der Waals surface area contributed by atoms with Gasteiger partial charge in [0.25, 0.3) is 0 Å². The molecule has 1 aliphatic rings. The van der Waals surface area contributed by atoms with E-state index in [9.17, 15) is 4.79 Å². The quantitative estimate of drug-likeness (QED) is 0.565. The molecule has 0 radical (unpaired) electrons. The molecule has 1 saturated heterocycles. The van der Waals surface area contributed by atoms with Crippen molar-refractivity contribution in [3.8, 4) is 11.1 Å². The van der Waals surface area contributed by atoms with E-state index < -0.39 is 0 Å². The standard InChI is InChI=1S/C23H28N6O/c1-14(2)27-7-5-6-18(12-27)29-21-9-15(3)19(10-20(21)26-23(29)30)17-8-16(4)22-24-13-25-28(22)11-17/h8-11,13-14,18H,5-7,12H2,1-4H3,(H,26,30)/t18-/m1/s1. The number of pyridine rings is 1. The van der Waals surface area contributed by atoms with E-state index in [1.54, 1.807) is 6.33 Å². The van der Waals surface area contributed by atoms with Gasteiger partial charge in [0.2, 0.25) is 0 Å². The molecule has 0 unspecified atom stereocenters. The van der Waals surface area contributed by atoms with Crippen molar-refractivity contribution in [2.75, 3.05) is 13.1 Å². The van der Waals surface area contributed by atoms with E-state index in [4.69, 9.17) is 0 Å². The third-order valence-electron chi connectivity index (χ3n) is 6.46. The lowest BCUT2D eigenvalue weighted by Gasteiger charge is -2.35. The predicted octanol–water partition coefficient (Wildman–Crippen LogP) is 3.70. The largest absolute Gasteiger partial charge is 0.326 e. The average molecular weight is 405 g/mol. The smallest absolute Gasteiger partial charge is 0.306 e. The van der Waals surface area contributed by atoms with E-state index in [1.165, 1.54) is 0 Å². The number of piperidine rings is 1. The van der Waals surface area contributed by atoms with Crippen molar-refractivity contribution in [2.45, 2.75) is 52.6 Å². The second-order valence-electron chi connectivity index (χ2n) is 8.81. The van der Waals surface area contributed by atoms with Crippen molar-refractivity contribution in [3.05, 3.63) is 52.3 Å². The minimum atomic E-state index is -0.0138. The number of benzene rings is 1.